The summed E-state index contributed by atoms with van der Waals surface area (Å²) in [5.41, 5.74) is 1.03. The van der Waals surface area contributed by atoms with Crippen molar-refractivity contribution in [1.82, 2.24) is 0 Å². The Kier molecular flexibility index (Phi) is 3.75. The first-order valence-electron chi connectivity index (χ1n) is 6.53. The number of benzene rings is 1. The fraction of sp³-hybridized carbons (Fsp3) is 0.571. The van der Waals surface area contributed by atoms with Crippen molar-refractivity contribution in [3.63, 3.8) is 0 Å². The molecule has 1 aliphatic heterocycles. The predicted molar refractivity (Wildman–Crippen MR) is 86.5 cm³/mol. The SMILES string of the molecule is ClC12CCCCC1C(Cl)(Cl)N(c1ccc(Br)cc1)C2. The zero-order valence-electron chi connectivity index (χ0n) is 10.4. The number of anilines is 1. The summed E-state index contributed by atoms with van der Waals surface area (Å²) in [4.78, 5) is 1.76. The molecule has 1 saturated carbocycles. The lowest BCUT2D eigenvalue weighted by atomic mass is 9.81. The van der Waals surface area contributed by atoms with E-state index in [4.69, 9.17) is 34.8 Å². The fourth-order valence-electron chi connectivity index (χ4n) is 3.32. The van der Waals surface area contributed by atoms with E-state index in [-0.39, 0.29) is 10.8 Å². The molecule has 3 rings (SSSR count). The van der Waals surface area contributed by atoms with Gasteiger partial charge in [0.2, 0.25) is 0 Å². The van der Waals surface area contributed by atoms with Gasteiger partial charge in [-0.1, -0.05) is 52.0 Å². The molecule has 0 radical (unpaired) electrons. The van der Waals surface area contributed by atoms with Gasteiger partial charge in [0, 0.05) is 22.6 Å². The van der Waals surface area contributed by atoms with E-state index >= 15 is 0 Å². The molecule has 104 valence electrons. The van der Waals surface area contributed by atoms with Crippen molar-refractivity contribution >= 4 is 56.4 Å². The highest BCUT2D eigenvalue weighted by Gasteiger charge is 2.60. The molecule has 0 amide bonds. The van der Waals surface area contributed by atoms with E-state index in [1.807, 2.05) is 29.2 Å². The van der Waals surface area contributed by atoms with E-state index in [0.29, 0.717) is 6.54 Å². The average molecular weight is 384 g/mol. The van der Waals surface area contributed by atoms with E-state index in [1.165, 1.54) is 0 Å². The molecule has 5 heteroatoms. The van der Waals surface area contributed by atoms with Crippen molar-refractivity contribution < 1.29 is 0 Å². The summed E-state index contributed by atoms with van der Waals surface area (Å²) in [7, 11) is 0. The number of fused-ring (bicyclic) bond motifs is 1. The zero-order valence-corrected chi connectivity index (χ0v) is 14.2. The normalized spacial score (nSPS) is 33.3. The number of nitrogens with zero attached hydrogens (tertiary/aromatic N) is 1. The molecule has 0 aromatic heterocycles. The second kappa shape index (κ2) is 4.98. The number of hydrogen-bond donors (Lipinski definition) is 0. The van der Waals surface area contributed by atoms with Gasteiger partial charge in [-0.3, -0.25) is 0 Å². The highest BCUT2D eigenvalue weighted by atomic mass is 79.9. The summed E-state index contributed by atoms with van der Waals surface area (Å²) in [6.45, 7) is 0.716. The lowest BCUT2D eigenvalue weighted by molar-refractivity contribution is 0.305. The van der Waals surface area contributed by atoms with Crippen LogP contribution in [-0.2, 0) is 0 Å². The molecule has 0 spiro atoms. The molecule has 1 aliphatic carbocycles. The molecule has 0 bridgehead atoms. The van der Waals surface area contributed by atoms with Gasteiger partial charge in [-0.05, 0) is 37.1 Å². The Morgan fingerprint density at radius 1 is 1.11 bits per heavy atom. The molecule has 2 unspecified atom stereocenters. The molecule has 1 aromatic rings. The lowest BCUT2D eigenvalue weighted by Gasteiger charge is -2.36. The van der Waals surface area contributed by atoms with Crippen LogP contribution in [0.4, 0.5) is 5.69 Å². The van der Waals surface area contributed by atoms with Crippen LogP contribution in [0.1, 0.15) is 25.7 Å². The Bertz CT molecular complexity index is 476. The molecule has 1 aromatic carbocycles. The maximum absolute atomic E-state index is 6.81. The van der Waals surface area contributed by atoms with Crippen LogP contribution in [0.5, 0.6) is 0 Å². The quantitative estimate of drug-likeness (QED) is 0.453. The van der Waals surface area contributed by atoms with Gasteiger partial charge < -0.3 is 4.90 Å². The first kappa shape index (κ1) is 14.3. The van der Waals surface area contributed by atoms with Crippen molar-refractivity contribution in [3.05, 3.63) is 28.7 Å². The molecule has 0 N–H and O–H groups in total. The van der Waals surface area contributed by atoms with Crippen molar-refractivity contribution in [3.8, 4) is 0 Å². The van der Waals surface area contributed by atoms with Gasteiger partial charge in [0.15, 0.2) is 4.46 Å². The van der Waals surface area contributed by atoms with Crippen LogP contribution in [0, 0.1) is 5.92 Å². The van der Waals surface area contributed by atoms with Gasteiger partial charge in [-0.25, -0.2) is 0 Å². The van der Waals surface area contributed by atoms with Crippen LogP contribution in [0.3, 0.4) is 0 Å². The van der Waals surface area contributed by atoms with Gasteiger partial charge in [0.1, 0.15) is 0 Å². The number of hydrogen-bond acceptors (Lipinski definition) is 1. The van der Waals surface area contributed by atoms with Gasteiger partial charge in [0.25, 0.3) is 0 Å². The third-order valence-electron chi connectivity index (χ3n) is 4.30. The third-order valence-corrected chi connectivity index (χ3v) is 6.33. The standard InChI is InChI=1S/C14H15BrCl3N/c15-10-4-6-11(7-5-10)19-9-13(16)8-2-1-3-12(13)14(19,17)18/h4-7,12H,1-3,8-9H2. The second-order valence-electron chi connectivity index (χ2n) is 5.48. The molecule has 2 fully saturated rings. The van der Waals surface area contributed by atoms with Crippen molar-refractivity contribution in [2.24, 2.45) is 5.92 Å². The predicted octanol–water partition coefficient (Wildman–Crippen LogP) is 5.57. The summed E-state index contributed by atoms with van der Waals surface area (Å²) >= 11 is 23.6. The third kappa shape index (κ3) is 2.39. The molecule has 1 nitrogen and oxygen atoms in total. The van der Waals surface area contributed by atoms with Gasteiger partial charge >= 0.3 is 0 Å². The van der Waals surface area contributed by atoms with Gasteiger partial charge in [-0.2, -0.15) is 0 Å². The highest BCUT2D eigenvalue weighted by molar-refractivity contribution is 9.10. The summed E-state index contributed by atoms with van der Waals surface area (Å²) in [6.07, 6.45) is 4.32. The molecular weight excluding hydrogens is 368 g/mol. The number of alkyl halides is 3. The van der Waals surface area contributed by atoms with Crippen LogP contribution < -0.4 is 4.90 Å². The molecular formula is C14H15BrCl3N. The van der Waals surface area contributed by atoms with E-state index in [1.54, 1.807) is 0 Å². The lowest BCUT2D eigenvalue weighted by Crippen LogP contribution is -2.40. The van der Waals surface area contributed by atoms with Crippen LogP contribution in [-0.4, -0.2) is 15.9 Å². The zero-order chi connectivity index (χ0) is 13.7. The summed E-state index contributed by atoms with van der Waals surface area (Å²) < 4.78 is 0.138. The Hall–Kier alpha value is 0.370. The van der Waals surface area contributed by atoms with Crippen molar-refractivity contribution in [2.75, 3.05) is 11.4 Å². The molecule has 19 heavy (non-hydrogen) atoms. The number of rotatable bonds is 1. The Balaban J connectivity index is 1.96. The van der Waals surface area contributed by atoms with E-state index < -0.39 is 4.46 Å². The first-order valence-corrected chi connectivity index (χ1v) is 8.46. The molecule has 2 atom stereocenters. The first-order chi connectivity index (χ1) is 8.93. The number of halogens is 4. The molecule has 1 saturated heterocycles. The Morgan fingerprint density at radius 2 is 1.79 bits per heavy atom. The smallest absolute Gasteiger partial charge is 0.195 e. The van der Waals surface area contributed by atoms with Crippen LogP contribution in [0.2, 0.25) is 0 Å². The second-order valence-corrected chi connectivity index (χ2v) is 8.50. The molecule has 2 aliphatic rings. The maximum Gasteiger partial charge on any atom is 0.195 e. The van der Waals surface area contributed by atoms with Crippen LogP contribution in [0.15, 0.2) is 28.7 Å². The minimum Gasteiger partial charge on any atom is -0.338 e. The van der Waals surface area contributed by atoms with Crippen LogP contribution in [0.25, 0.3) is 0 Å². The summed E-state index contributed by atoms with van der Waals surface area (Å²) in [5, 5.41) is 0. The van der Waals surface area contributed by atoms with Crippen molar-refractivity contribution in [1.29, 1.82) is 0 Å². The monoisotopic (exact) mass is 381 g/mol. The highest BCUT2D eigenvalue weighted by Crippen LogP contribution is 2.57. The fourth-order valence-corrected chi connectivity index (χ4v) is 5.16. The Labute approximate surface area is 137 Å². The molecule has 1 heterocycles. The van der Waals surface area contributed by atoms with Crippen LogP contribution >= 0.6 is 50.7 Å². The maximum atomic E-state index is 6.81. The van der Waals surface area contributed by atoms with E-state index in [9.17, 15) is 0 Å². The largest absolute Gasteiger partial charge is 0.338 e. The van der Waals surface area contributed by atoms with Gasteiger partial charge in [-0.15, -0.1) is 11.6 Å². The van der Waals surface area contributed by atoms with E-state index in [0.717, 1.165) is 35.8 Å². The summed E-state index contributed by atoms with van der Waals surface area (Å²) in [5.74, 6) is 0.127. The van der Waals surface area contributed by atoms with Gasteiger partial charge in [0.05, 0.1) is 4.87 Å². The van der Waals surface area contributed by atoms with Crippen molar-refractivity contribution in [2.45, 2.75) is 35.0 Å². The summed E-state index contributed by atoms with van der Waals surface area (Å²) in [6, 6.07) is 8.06. The van der Waals surface area contributed by atoms with E-state index in [2.05, 4.69) is 15.9 Å². The topological polar surface area (TPSA) is 3.24 Å². The average Bonchev–Trinajstić information content (AvgIpc) is 2.58. The minimum absolute atomic E-state index is 0.127. The Morgan fingerprint density at radius 3 is 2.42 bits per heavy atom. The minimum atomic E-state index is -0.907.